The van der Waals surface area contributed by atoms with Gasteiger partial charge < -0.3 is 15.0 Å². The van der Waals surface area contributed by atoms with Gasteiger partial charge in [0.2, 0.25) is 0 Å². The number of ether oxygens (including phenoxy) is 1. The van der Waals surface area contributed by atoms with E-state index in [1.54, 1.807) is 6.20 Å². The Morgan fingerprint density at radius 2 is 2.06 bits per heavy atom. The van der Waals surface area contributed by atoms with Crippen molar-refractivity contribution in [1.82, 2.24) is 9.55 Å². The summed E-state index contributed by atoms with van der Waals surface area (Å²) in [6, 6.07) is 7.74. The molecule has 0 aliphatic heterocycles. The summed E-state index contributed by atoms with van der Waals surface area (Å²) < 4.78 is 7.67. The lowest BCUT2D eigenvalue weighted by atomic mass is 10.2. The SMILES string of the molecule is Cc1nccn1CCOCc1ccc(N)cc1. The van der Waals surface area contributed by atoms with E-state index in [1.807, 2.05) is 37.4 Å². The Morgan fingerprint density at radius 1 is 1.29 bits per heavy atom. The van der Waals surface area contributed by atoms with Crippen molar-refractivity contribution in [1.29, 1.82) is 0 Å². The number of anilines is 1. The van der Waals surface area contributed by atoms with Crippen LogP contribution in [0.5, 0.6) is 0 Å². The molecule has 4 heteroatoms. The Kier molecular flexibility index (Phi) is 3.77. The van der Waals surface area contributed by atoms with E-state index in [0.717, 1.165) is 23.6 Å². The van der Waals surface area contributed by atoms with E-state index in [-0.39, 0.29) is 0 Å². The van der Waals surface area contributed by atoms with E-state index in [9.17, 15) is 0 Å². The van der Waals surface area contributed by atoms with Crippen molar-refractivity contribution >= 4 is 5.69 Å². The topological polar surface area (TPSA) is 53.1 Å². The zero-order valence-electron chi connectivity index (χ0n) is 9.97. The summed E-state index contributed by atoms with van der Waals surface area (Å²) in [4.78, 5) is 4.16. The summed E-state index contributed by atoms with van der Waals surface area (Å²) in [7, 11) is 0. The van der Waals surface area contributed by atoms with Crippen molar-refractivity contribution in [2.75, 3.05) is 12.3 Å². The molecule has 0 aliphatic carbocycles. The molecule has 0 saturated heterocycles. The van der Waals surface area contributed by atoms with Gasteiger partial charge in [0.15, 0.2) is 0 Å². The fourth-order valence-electron chi connectivity index (χ4n) is 1.61. The van der Waals surface area contributed by atoms with Crippen LogP contribution in [0.4, 0.5) is 5.69 Å². The molecule has 0 unspecified atom stereocenters. The van der Waals surface area contributed by atoms with Gasteiger partial charge in [0, 0.05) is 24.6 Å². The zero-order valence-corrected chi connectivity index (χ0v) is 9.97. The van der Waals surface area contributed by atoms with Crippen LogP contribution in [0.3, 0.4) is 0 Å². The number of nitrogens with zero attached hydrogens (tertiary/aromatic N) is 2. The third kappa shape index (κ3) is 3.32. The molecule has 4 nitrogen and oxygen atoms in total. The molecule has 0 fully saturated rings. The minimum absolute atomic E-state index is 0.619. The monoisotopic (exact) mass is 231 g/mol. The molecule has 1 aromatic heterocycles. The normalized spacial score (nSPS) is 10.6. The van der Waals surface area contributed by atoms with Gasteiger partial charge >= 0.3 is 0 Å². The third-order valence-electron chi connectivity index (χ3n) is 2.65. The number of imidazole rings is 1. The highest BCUT2D eigenvalue weighted by atomic mass is 16.5. The van der Waals surface area contributed by atoms with Gasteiger partial charge in [-0.25, -0.2) is 4.98 Å². The number of benzene rings is 1. The Labute approximate surface area is 101 Å². The smallest absolute Gasteiger partial charge is 0.105 e. The Morgan fingerprint density at radius 3 is 2.71 bits per heavy atom. The quantitative estimate of drug-likeness (QED) is 0.632. The van der Waals surface area contributed by atoms with Crippen molar-refractivity contribution in [3.05, 3.63) is 48.0 Å². The summed E-state index contributed by atoms with van der Waals surface area (Å²) in [5.41, 5.74) is 7.53. The molecule has 1 heterocycles. The predicted octanol–water partition coefficient (Wildman–Crippen LogP) is 1.99. The van der Waals surface area contributed by atoms with Crippen molar-refractivity contribution in [2.24, 2.45) is 0 Å². The van der Waals surface area contributed by atoms with E-state index < -0.39 is 0 Å². The minimum atomic E-state index is 0.619. The highest BCUT2D eigenvalue weighted by Gasteiger charge is 1.97. The lowest BCUT2D eigenvalue weighted by Crippen LogP contribution is -2.06. The van der Waals surface area contributed by atoms with E-state index >= 15 is 0 Å². The van der Waals surface area contributed by atoms with Gasteiger partial charge in [0.05, 0.1) is 13.2 Å². The second kappa shape index (κ2) is 5.50. The van der Waals surface area contributed by atoms with Crippen molar-refractivity contribution in [3.8, 4) is 0 Å². The van der Waals surface area contributed by atoms with Crippen LogP contribution >= 0.6 is 0 Å². The average molecular weight is 231 g/mol. The van der Waals surface area contributed by atoms with E-state index in [2.05, 4.69) is 9.55 Å². The van der Waals surface area contributed by atoms with Crippen molar-refractivity contribution in [3.63, 3.8) is 0 Å². The molecule has 0 amide bonds. The summed E-state index contributed by atoms with van der Waals surface area (Å²) in [5, 5.41) is 0. The Balaban J connectivity index is 1.73. The van der Waals surface area contributed by atoms with E-state index in [1.165, 1.54) is 0 Å². The molecule has 0 saturated carbocycles. The van der Waals surface area contributed by atoms with Gasteiger partial charge in [-0.3, -0.25) is 0 Å². The first kappa shape index (κ1) is 11.7. The summed E-state index contributed by atoms with van der Waals surface area (Å²) >= 11 is 0. The van der Waals surface area contributed by atoms with Crippen molar-refractivity contribution in [2.45, 2.75) is 20.1 Å². The first-order chi connectivity index (χ1) is 8.25. The largest absolute Gasteiger partial charge is 0.399 e. The van der Waals surface area contributed by atoms with Gasteiger partial charge in [0.1, 0.15) is 5.82 Å². The number of nitrogens with two attached hydrogens (primary N) is 1. The molecular weight excluding hydrogens is 214 g/mol. The molecule has 0 aliphatic rings. The van der Waals surface area contributed by atoms with Crippen molar-refractivity contribution < 1.29 is 4.74 Å². The number of aryl methyl sites for hydroxylation is 1. The van der Waals surface area contributed by atoms with Crippen LogP contribution in [0.25, 0.3) is 0 Å². The van der Waals surface area contributed by atoms with Crippen LogP contribution in [-0.4, -0.2) is 16.2 Å². The fraction of sp³-hybridized carbons (Fsp3) is 0.308. The van der Waals surface area contributed by atoms with Crippen LogP contribution in [-0.2, 0) is 17.9 Å². The molecule has 0 bridgehead atoms. The van der Waals surface area contributed by atoms with Crippen LogP contribution in [0, 0.1) is 6.92 Å². The number of hydrogen-bond acceptors (Lipinski definition) is 3. The lowest BCUT2D eigenvalue weighted by Gasteiger charge is -2.06. The number of rotatable bonds is 5. The van der Waals surface area contributed by atoms with E-state index in [0.29, 0.717) is 13.2 Å². The third-order valence-corrected chi connectivity index (χ3v) is 2.65. The summed E-state index contributed by atoms with van der Waals surface area (Å²) in [5.74, 6) is 1.01. The van der Waals surface area contributed by atoms with Gasteiger partial charge in [0.25, 0.3) is 0 Å². The molecule has 2 rings (SSSR count). The fourth-order valence-corrected chi connectivity index (χ4v) is 1.61. The van der Waals surface area contributed by atoms with E-state index in [4.69, 9.17) is 10.5 Å². The van der Waals surface area contributed by atoms with Gasteiger partial charge in [-0.1, -0.05) is 12.1 Å². The molecule has 2 N–H and O–H groups in total. The van der Waals surface area contributed by atoms with Crippen LogP contribution in [0.15, 0.2) is 36.7 Å². The maximum Gasteiger partial charge on any atom is 0.105 e. The standard InChI is InChI=1S/C13H17N3O/c1-11-15-6-7-16(11)8-9-17-10-12-2-4-13(14)5-3-12/h2-7H,8-10,14H2,1H3. The molecule has 0 radical (unpaired) electrons. The van der Waals surface area contributed by atoms with Crippen LogP contribution < -0.4 is 5.73 Å². The molecule has 1 aromatic carbocycles. The maximum absolute atomic E-state index is 5.61. The average Bonchev–Trinajstić information content (AvgIpc) is 2.73. The first-order valence-corrected chi connectivity index (χ1v) is 5.65. The zero-order chi connectivity index (χ0) is 12.1. The van der Waals surface area contributed by atoms with Gasteiger partial charge in [-0.2, -0.15) is 0 Å². The predicted molar refractivity (Wildman–Crippen MR) is 67.5 cm³/mol. The maximum atomic E-state index is 5.61. The second-order valence-electron chi connectivity index (χ2n) is 3.96. The molecule has 17 heavy (non-hydrogen) atoms. The summed E-state index contributed by atoms with van der Waals surface area (Å²) in [6.45, 7) is 4.12. The summed E-state index contributed by atoms with van der Waals surface area (Å²) in [6.07, 6.45) is 3.76. The Bertz CT molecular complexity index is 462. The van der Waals surface area contributed by atoms with Gasteiger partial charge in [-0.05, 0) is 24.6 Å². The lowest BCUT2D eigenvalue weighted by molar-refractivity contribution is 0.113. The van der Waals surface area contributed by atoms with Gasteiger partial charge in [-0.15, -0.1) is 0 Å². The first-order valence-electron chi connectivity index (χ1n) is 5.65. The van der Waals surface area contributed by atoms with Crippen LogP contribution in [0.2, 0.25) is 0 Å². The number of hydrogen-bond donors (Lipinski definition) is 1. The molecular formula is C13H17N3O. The second-order valence-corrected chi connectivity index (χ2v) is 3.96. The molecule has 0 atom stereocenters. The Hall–Kier alpha value is -1.81. The highest BCUT2D eigenvalue weighted by molar-refractivity contribution is 5.39. The minimum Gasteiger partial charge on any atom is -0.399 e. The molecule has 0 spiro atoms. The number of nitrogen functional groups attached to an aromatic ring is 1. The molecule has 2 aromatic rings. The highest BCUT2D eigenvalue weighted by Crippen LogP contribution is 2.06. The molecule has 90 valence electrons. The number of aromatic nitrogens is 2. The van der Waals surface area contributed by atoms with Crippen LogP contribution in [0.1, 0.15) is 11.4 Å².